The van der Waals surface area contributed by atoms with Crippen molar-refractivity contribution in [3.8, 4) is 0 Å². The van der Waals surface area contributed by atoms with Crippen molar-refractivity contribution in [2.24, 2.45) is 16.3 Å². The molecule has 0 amide bonds. The lowest BCUT2D eigenvalue weighted by molar-refractivity contribution is -0.307. The Labute approximate surface area is 135 Å². The Morgan fingerprint density at radius 2 is 1.83 bits per heavy atom. The first-order valence-corrected chi connectivity index (χ1v) is 7.62. The second kappa shape index (κ2) is 6.86. The predicted molar refractivity (Wildman–Crippen MR) is 84.0 cm³/mol. The first-order chi connectivity index (χ1) is 10.8. The zero-order valence-corrected chi connectivity index (χ0v) is 13.3. The molecule has 0 unspecified atom stereocenters. The Morgan fingerprint density at radius 1 is 1.26 bits per heavy atom. The van der Waals surface area contributed by atoms with E-state index in [9.17, 15) is 19.5 Å². The molecule has 1 aliphatic rings. The molecular weight excluding hydrogens is 294 g/mol. The van der Waals surface area contributed by atoms with Gasteiger partial charge in [0.15, 0.2) is 0 Å². The Balaban J connectivity index is 2.10. The Kier molecular flexibility index (Phi) is 5.08. The first-order valence-electron chi connectivity index (χ1n) is 7.62. The van der Waals surface area contributed by atoms with Crippen LogP contribution < -0.4 is 5.11 Å². The fourth-order valence-corrected chi connectivity index (χ4v) is 2.80. The largest absolute Gasteiger partial charge is 0.548 e. The molecule has 23 heavy (non-hydrogen) atoms. The van der Waals surface area contributed by atoms with Crippen LogP contribution in [0.1, 0.15) is 32.3 Å². The average Bonchev–Trinajstić information content (AvgIpc) is 2.44. The molecule has 1 aromatic rings. The van der Waals surface area contributed by atoms with Gasteiger partial charge in [0.05, 0.1) is 12.0 Å². The highest BCUT2D eigenvalue weighted by atomic mass is 16.4. The van der Waals surface area contributed by atoms with Gasteiger partial charge in [-0.25, -0.2) is 0 Å². The van der Waals surface area contributed by atoms with Crippen molar-refractivity contribution in [2.45, 2.75) is 39.2 Å². The highest BCUT2D eigenvalue weighted by molar-refractivity contribution is 6.16. The zero-order chi connectivity index (χ0) is 17.0. The molecule has 1 atom stereocenters. The normalized spacial score (nSPS) is 19.9. The average molecular weight is 314 g/mol. The van der Waals surface area contributed by atoms with Crippen molar-refractivity contribution in [3.63, 3.8) is 0 Å². The molecule has 0 spiro atoms. The van der Waals surface area contributed by atoms with E-state index < -0.39 is 17.9 Å². The first kappa shape index (κ1) is 17.1. The summed E-state index contributed by atoms with van der Waals surface area (Å²) in [7, 11) is 0. The standard InChI is InChI=1S/C18H21NO4/c1-18(2)9-15(20)13(16(21)10-18)11-19-14(17(22)23)8-12-6-4-3-5-7-12/h3-7,11,13-14H,8-10H2,1-2H3,(H,22,23)/p-1/t14-/m0/s1. The van der Waals surface area contributed by atoms with Gasteiger partial charge in [-0.05, 0) is 11.0 Å². The second-order valence-electron chi connectivity index (χ2n) is 6.75. The summed E-state index contributed by atoms with van der Waals surface area (Å²) in [4.78, 5) is 39.4. The van der Waals surface area contributed by atoms with E-state index in [1.807, 2.05) is 32.0 Å². The van der Waals surface area contributed by atoms with Crippen molar-refractivity contribution < 1.29 is 19.5 Å². The van der Waals surface area contributed by atoms with Crippen LogP contribution in [0.25, 0.3) is 0 Å². The number of hydrogen-bond acceptors (Lipinski definition) is 5. The van der Waals surface area contributed by atoms with Gasteiger partial charge in [-0.1, -0.05) is 44.2 Å². The number of rotatable bonds is 5. The topological polar surface area (TPSA) is 86.6 Å². The smallest absolute Gasteiger partial charge is 0.149 e. The van der Waals surface area contributed by atoms with Crippen LogP contribution >= 0.6 is 0 Å². The Hall–Kier alpha value is -2.30. The monoisotopic (exact) mass is 314 g/mol. The summed E-state index contributed by atoms with van der Waals surface area (Å²) in [5.74, 6) is -2.65. The number of Topliss-reactive ketones (excluding diaryl/α,β-unsaturated/α-hetero) is 2. The molecule has 0 N–H and O–H groups in total. The number of benzene rings is 1. The molecule has 0 heterocycles. The lowest BCUT2D eigenvalue weighted by Gasteiger charge is -2.30. The second-order valence-corrected chi connectivity index (χ2v) is 6.75. The highest BCUT2D eigenvalue weighted by Gasteiger charge is 2.38. The number of ketones is 2. The van der Waals surface area contributed by atoms with Crippen molar-refractivity contribution in [3.05, 3.63) is 35.9 Å². The van der Waals surface area contributed by atoms with Gasteiger partial charge >= 0.3 is 0 Å². The number of carbonyl (C=O) groups excluding carboxylic acids is 3. The predicted octanol–water partition coefficient (Wildman–Crippen LogP) is 0.993. The van der Waals surface area contributed by atoms with Crippen LogP contribution in [0, 0.1) is 11.3 Å². The van der Waals surface area contributed by atoms with Gasteiger partial charge < -0.3 is 9.90 Å². The van der Waals surface area contributed by atoms with E-state index >= 15 is 0 Å². The van der Waals surface area contributed by atoms with Crippen LogP contribution in [0.2, 0.25) is 0 Å². The van der Waals surface area contributed by atoms with Gasteiger partial charge in [-0.2, -0.15) is 0 Å². The van der Waals surface area contributed by atoms with E-state index in [4.69, 9.17) is 0 Å². The van der Waals surface area contributed by atoms with E-state index in [-0.39, 0.29) is 23.4 Å². The van der Waals surface area contributed by atoms with E-state index in [0.717, 1.165) is 5.56 Å². The minimum absolute atomic E-state index is 0.167. The number of aliphatic carboxylic acids is 1. The maximum absolute atomic E-state index is 12.1. The molecule has 1 saturated carbocycles. The molecule has 5 heteroatoms. The van der Waals surface area contributed by atoms with Crippen LogP contribution in [0.15, 0.2) is 35.3 Å². The van der Waals surface area contributed by atoms with E-state index in [1.54, 1.807) is 12.1 Å². The summed E-state index contributed by atoms with van der Waals surface area (Å²) in [6.07, 6.45) is 1.96. The highest BCUT2D eigenvalue weighted by Crippen LogP contribution is 2.33. The molecule has 0 saturated heterocycles. The maximum Gasteiger partial charge on any atom is 0.149 e. The summed E-state index contributed by atoms with van der Waals surface area (Å²) in [6.45, 7) is 3.74. The van der Waals surface area contributed by atoms with Crippen LogP contribution in [0.3, 0.4) is 0 Å². The minimum Gasteiger partial charge on any atom is -0.548 e. The molecular formula is C18H20NO4-. The van der Waals surface area contributed by atoms with Gasteiger partial charge in [-0.15, -0.1) is 0 Å². The molecule has 0 bridgehead atoms. The number of carbonyl (C=O) groups is 3. The quantitative estimate of drug-likeness (QED) is 0.599. The summed E-state index contributed by atoms with van der Waals surface area (Å²) in [5.41, 5.74) is 0.470. The lowest BCUT2D eigenvalue weighted by atomic mass is 9.72. The summed E-state index contributed by atoms with van der Waals surface area (Å²) in [5, 5.41) is 11.2. The number of aliphatic imine (C=N–C) groups is 1. The van der Waals surface area contributed by atoms with Gasteiger partial charge in [-0.3, -0.25) is 14.6 Å². The molecule has 0 aliphatic heterocycles. The molecule has 5 nitrogen and oxygen atoms in total. The third-order valence-corrected chi connectivity index (χ3v) is 3.96. The van der Waals surface area contributed by atoms with Crippen molar-refractivity contribution >= 4 is 23.8 Å². The van der Waals surface area contributed by atoms with E-state index in [1.165, 1.54) is 6.21 Å². The number of hydrogen-bond donors (Lipinski definition) is 0. The van der Waals surface area contributed by atoms with E-state index in [0.29, 0.717) is 12.8 Å². The molecule has 1 aromatic carbocycles. The number of nitrogens with zero attached hydrogens (tertiary/aromatic N) is 1. The molecule has 1 fully saturated rings. The minimum atomic E-state index is -1.32. The van der Waals surface area contributed by atoms with Crippen molar-refractivity contribution in [1.29, 1.82) is 0 Å². The van der Waals surface area contributed by atoms with Crippen LogP contribution in [-0.2, 0) is 20.8 Å². The fraction of sp³-hybridized carbons (Fsp3) is 0.444. The van der Waals surface area contributed by atoms with E-state index in [2.05, 4.69) is 4.99 Å². The number of carboxylic acids is 1. The zero-order valence-electron chi connectivity index (χ0n) is 13.3. The Bertz CT molecular complexity index is 614. The summed E-state index contributed by atoms with van der Waals surface area (Å²) in [6, 6.07) is 7.94. The summed E-state index contributed by atoms with van der Waals surface area (Å²) >= 11 is 0. The van der Waals surface area contributed by atoms with Gasteiger partial charge in [0, 0.05) is 25.5 Å². The maximum atomic E-state index is 12.1. The third-order valence-electron chi connectivity index (χ3n) is 3.96. The molecule has 0 radical (unpaired) electrons. The molecule has 122 valence electrons. The fourth-order valence-electron chi connectivity index (χ4n) is 2.80. The van der Waals surface area contributed by atoms with Crippen LogP contribution in [-0.4, -0.2) is 29.8 Å². The Morgan fingerprint density at radius 3 is 2.35 bits per heavy atom. The third kappa shape index (κ3) is 4.58. The lowest BCUT2D eigenvalue weighted by Crippen LogP contribution is -2.40. The van der Waals surface area contributed by atoms with Crippen LogP contribution in [0.5, 0.6) is 0 Å². The van der Waals surface area contributed by atoms with Gasteiger partial charge in [0.25, 0.3) is 0 Å². The van der Waals surface area contributed by atoms with Crippen molar-refractivity contribution in [1.82, 2.24) is 0 Å². The summed E-state index contributed by atoms with van der Waals surface area (Å²) < 4.78 is 0. The van der Waals surface area contributed by atoms with Gasteiger partial charge in [0.2, 0.25) is 0 Å². The molecule has 2 rings (SSSR count). The number of carboxylic acid groups (broad SMARTS) is 1. The molecule has 1 aliphatic carbocycles. The van der Waals surface area contributed by atoms with Crippen molar-refractivity contribution in [2.75, 3.05) is 0 Å². The van der Waals surface area contributed by atoms with Crippen LogP contribution in [0.4, 0.5) is 0 Å². The van der Waals surface area contributed by atoms with Gasteiger partial charge in [0.1, 0.15) is 17.5 Å². The SMILES string of the molecule is CC1(C)CC(=O)C(C=N[C@@H](Cc2ccccc2)C(=O)[O-])C(=O)C1. The molecule has 0 aromatic heterocycles.